The number of amides is 1. The molecule has 0 aliphatic heterocycles. The van der Waals surface area contributed by atoms with Crippen LogP contribution in [0.4, 0.5) is 14.5 Å². The molecule has 20 heavy (non-hydrogen) atoms. The number of halogens is 2. The van der Waals surface area contributed by atoms with Crippen molar-refractivity contribution in [2.24, 2.45) is 0 Å². The number of carbonyl (C=O) groups excluding carboxylic acids is 1. The van der Waals surface area contributed by atoms with E-state index in [1.807, 2.05) is 11.8 Å². The van der Waals surface area contributed by atoms with Crippen LogP contribution in [-0.4, -0.2) is 23.5 Å². The Morgan fingerprint density at radius 1 is 1.30 bits per heavy atom. The van der Waals surface area contributed by atoms with Crippen LogP contribution >= 0.6 is 11.8 Å². The molecule has 0 unspecified atom stereocenters. The number of rotatable bonds is 3. The first-order chi connectivity index (χ1) is 9.51. The molecule has 0 aromatic heterocycles. The Morgan fingerprint density at radius 2 is 1.95 bits per heavy atom. The van der Waals surface area contributed by atoms with Crippen LogP contribution in [0.1, 0.15) is 36.0 Å². The maximum atomic E-state index is 13.7. The number of nitrogen functional groups attached to an aromatic ring is 1. The third kappa shape index (κ3) is 3.42. The van der Waals surface area contributed by atoms with E-state index in [2.05, 4.69) is 11.6 Å². The zero-order valence-corrected chi connectivity index (χ0v) is 12.1. The van der Waals surface area contributed by atoms with E-state index in [-0.39, 0.29) is 17.3 Å². The number of benzene rings is 1. The van der Waals surface area contributed by atoms with Crippen molar-refractivity contribution >= 4 is 23.4 Å². The van der Waals surface area contributed by atoms with Crippen molar-refractivity contribution in [1.29, 1.82) is 0 Å². The summed E-state index contributed by atoms with van der Waals surface area (Å²) in [5.74, 6) is -2.16. The summed E-state index contributed by atoms with van der Waals surface area (Å²) in [6, 6.07) is 1.78. The zero-order valence-electron chi connectivity index (χ0n) is 11.3. The van der Waals surface area contributed by atoms with Gasteiger partial charge >= 0.3 is 0 Å². The van der Waals surface area contributed by atoms with Gasteiger partial charge in [-0.1, -0.05) is 0 Å². The third-order valence-corrected chi connectivity index (χ3v) is 4.79. The molecule has 1 aromatic carbocycles. The summed E-state index contributed by atoms with van der Waals surface area (Å²) in [4.78, 5) is 12.0. The summed E-state index contributed by atoms with van der Waals surface area (Å²) >= 11 is 1.83. The molecule has 110 valence electrons. The highest BCUT2D eigenvalue weighted by atomic mass is 32.2. The highest BCUT2D eigenvalue weighted by molar-refractivity contribution is 7.99. The van der Waals surface area contributed by atoms with Crippen LogP contribution in [-0.2, 0) is 0 Å². The summed E-state index contributed by atoms with van der Waals surface area (Å²) in [5, 5.41) is 3.39. The van der Waals surface area contributed by atoms with Crippen LogP contribution in [0.15, 0.2) is 12.1 Å². The second-order valence-electron chi connectivity index (χ2n) is 5.04. The Bertz CT molecular complexity index is 502. The summed E-state index contributed by atoms with van der Waals surface area (Å²) < 4.78 is 27.0. The number of carbonyl (C=O) groups is 1. The smallest absolute Gasteiger partial charge is 0.254 e. The quantitative estimate of drug-likeness (QED) is 0.844. The molecular weight excluding hydrogens is 282 g/mol. The van der Waals surface area contributed by atoms with Crippen LogP contribution in [0.3, 0.4) is 0 Å². The number of hydrogen-bond acceptors (Lipinski definition) is 3. The number of hydrogen-bond donors (Lipinski definition) is 2. The molecule has 0 heterocycles. The van der Waals surface area contributed by atoms with E-state index >= 15 is 0 Å². The minimum Gasteiger partial charge on any atom is -0.396 e. The van der Waals surface area contributed by atoms with E-state index in [9.17, 15) is 13.6 Å². The lowest BCUT2D eigenvalue weighted by atomic mass is 9.94. The van der Waals surface area contributed by atoms with Crippen LogP contribution < -0.4 is 11.1 Å². The molecule has 3 nitrogen and oxygen atoms in total. The molecule has 1 fully saturated rings. The van der Waals surface area contributed by atoms with Crippen molar-refractivity contribution in [3.8, 4) is 0 Å². The molecule has 0 saturated heterocycles. The molecule has 1 aliphatic carbocycles. The summed E-state index contributed by atoms with van der Waals surface area (Å²) in [5.41, 5.74) is 4.66. The first kappa shape index (κ1) is 15.1. The average Bonchev–Trinajstić information content (AvgIpc) is 2.43. The topological polar surface area (TPSA) is 55.1 Å². The van der Waals surface area contributed by atoms with Crippen molar-refractivity contribution in [3.05, 3.63) is 29.3 Å². The molecule has 3 N–H and O–H groups in total. The standard InChI is InChI=1S/C14H18F2N2OS/c1-20-10-4-2-9(3-5-10)18-14(19)11-6-8(15)7-12(17)13(11)16/h6-7,9-10H,2-5,17H2,1H3,(H,18,19). The van der Waals surface area contributed by atoms with Crippen molar-refractivity contribution in [2.45, 2.75) is 37.0 Å². The zero-order chi connectivity index (χ0) is 14.7. The molecule has 1 aliphatic rings. The summed E-state index contributed by atoms with van der Waals surface area (Å²) in [7, 11) is 0. The molecule has 1 amide bonds. The Hall–Kier alpha value is -1.30. The largest absolute Gasteiger partial charge is 0.396 e. The lowest BCUT2D eigenvalue weighted by Gasteiger charge is -2.28. The van der Waals surface area contributed by atoms with Gasteiger partial charge in [0, 0.05) is 11.3 Å². The number of nitrogens with two attached hydrogens (primary N) is 1. The van der Waals surface area contributed by atoms with Gasteiger partial charge in [0.25, 0.3) is 5.91 Å². The molecule has 1 aromatic rings. The maximum Gasteiger partial charge on any atom is 0.254 e. The summed E-state index contributed by atoms with van der Waals surface area (Å²) in [6.07, 6.45) is 5.86. The maximum absolute atomic E-state index is 13.7. The highest BCUT2D eigenvalue weighted by Crippen LogP contribution is 2.27. The Balaban J connectivity index is 2.02. The van der Waals surface area contributed by atoms with Crippen molar-refractivity contribution < 1.29 is 13.6 Å². The lowest BCUT2D eigenvalue weighted by Crippen LogP contribution is -2.38. The van der Waals surface area contributed by atoms with Crippen molar-refractivity contribution in [3.63, 3.8) is 0 Å². The fraction of sp³-hybridized carbons (Fsp3) is 0.500. The minimum atomic E-state index is -0.860. The lowest BCUT2D eigenvalue weighted by molar-refractivity contribution is 0.0923. The van der Waals surface area contributed by atoms with E-state index in [1.165, 1.54) is 0 Å². The van der Waals surface area contributed by atoms with Crippen LogP contribution in [0, 0.1) is 11.6 Å². The predicted molar refractivity (Wildman–Crippen MR) is 77.8 cm³/mol. The fourth-order valence-electron chi connectivity index (χ4n) is 2.48. The van der Waals surface area contributed by atoms with Gasteiger partial charge in [-0.15, -0.1) is 0 Å². The molecule has 0 atom stereocenters. The van der Waals surface area contributed by atoms with Crippen molar-refractivity contribution in [1.82, 2.24) is 5.32 Å². The van der Waals surface area contributed by atoms with Crippen molar-refractivity contribution in [2.75, 3.05) is 12.0 Å². The molecule has 0 spiro atoms. The molecule has 0 radical (unpaired) electrons. The number of anilines is 1. The normalized spacial score (nSPS) is 22.6. The number of nitrogens with one attached hydrogen (secondary N) is 1. The van der Waals surface area contributed by atoms with Crippen LogP contribution in [0.5, 0.6) is 0 Å². The van der Waals surface area contributed by atoms with Gasteiger partial charge in [0.15, 0.2) is 5.82 Å². The van der Waals surface area contributed by atoms with E-state index in [0.717, 1.165) is 37.8 Å². The molecule has 1 saturated carbocycles. The minimum absolute atomic E-state index is 0.0230. The first-order valence-corrected chi connectivity index (χ1v) is 7.88. The van der Waals surface area contributed by atoms with Gasteiger partial charge in [-0.25, -0.2) is 8.78 Å². The Kier molecular flexibility index (Phi) is 4.86. The SMILES string of the molecule is CSC1CCC(NC(=O)c2cc(F)cc(N)c2F)CC1. The second kappa shape index (κ2) is 6.43. The van der Waals surface area contributed by atoms with E-state index < -0.39 is 17.5 Å². The fourth-order valence-corrected chi connectivity index (χ4v) is 3.23. The molecular formula is C14H18F2N2OS. The Labute approximate surface area is 121 Å². The first-order valence-electron chi connectivity index (χ1n) is 6.59. The number of thioether (sulfide) groups is 1. The van der Waals surface area contributed by atoms with Gasteiger partial charge in [-0.3, -0.25) is 4.79 Å². The highest BCUT2D eigenvalue weighted by Gasteiger charge is 2.24. The van der Waals surface area contributed by atoms with E-state index in [1.54, 1.807) is 0 Å². The monoisotopic (exact) mass is 300 g/mol. The summed E-state index contributed by atoms with van der Waals surface area (Å²) in [6.45, 7) is 0. The second-order valence-corrected chi connectivity index (χ2v) is 6.18. The molecule has 2 rings (SSSR count). The van der Waals surface area contributed by atoms with Gasteiger partial charge in [-0.05, 0) is 44.1 Å². The van der Waals surface area contributed by atoms with Gasteiger partial charge in [-0.2, -0.15) is 11.8 Å². The van der Waals surface area contributed by atoms with E-state index in [4.69, 9.17) is 5.73 Å². The van der Waals surface area contributed by atoms with E-state index in [0.29, 0.717) is 5.25 Å². The van der Waals surface area contributed by atoms with Crippen LogP contribution in [0.2, 0.25) is 0 Å². The van der Waals surface area contributed by atoms with Gasteiger partial charge in [0.1, 0.15) is 5.82 Å². The molecule has 6 heteroatoms. The van der Waals surface area contributed by atoms with Crippen LogP contribution in [0.25, 0.3) is 0 Å². The predicted octanol–water partition coefficient (Wildman–Crippen LogP) is 2.95. The van der Waals surface area contributed by atoms with Gasteiger partial charge in [0.05, 0.1) is 11.3 Å². The molecule has 0 bridgehead atoms. The Morgan fingerprint density at radius 3 is 2.55 bits per heavy atom. The van der Waals surface area contributed by atoms with Gasteiger partial charge in [0.2, 0.25) is 0 Å². The average molecular weight is 300 g/mol. The third-order valence-electron chi connectivity index (χ3n) is 3.65. The van der Waals surface area contributed by atoms with Gasteiger partial charge < -0.3 is 11.1 Å².